The molecule has 2 heterocycles. The minimum Gasteiger partial charge on any atom is -0.366 e. The van der Waals surface area contributed by atoms with Crippen molar-refractivity contribution in [2.24, 2.45) is 0 Å². The fraction of sp³-hybridized carbons (Fsp3) is 0.0645. The van der Waals surface area contributed by atoms with E-state index in [4.69, 9.17) is 16.6 Å². The van der Waals surface area contributed by atoms with Crippen LogP contribution in [0.2, 0.25) is 5.02 Å². The number of halogens is 2. The Morgan fingerprint density at radius 3 is 2.56 bits per heavy atom. The number of carbonyl (C=O) groups is 1. The average molecular weight is 597 g/mol. The van der Waals surface area contributed by atoms with E-state index >= 15 is 0 Å². The van der Waals surface area contributed by atoms with Crippen LogP contribution in [0.3, 0.4) is 0 Å². The molecule has 0 aliphatic heterocycles. The SMILES string of the molecule is O=C(Cc1ccc2ccccc2c1)Nc1cccc(CNc2cc(-c3ccccc3Cl)nc3c(Br)cnn23)c1. The van der Waals surface area contributed by atoms with E-state index < -0.39 is 0 Å². The summed E-state index contributed by atoms with van der Waals surface area (Å²) in [6.07, 6.45) is 2.02. The maximum Gasteiger partial charge on any atom is 0.228 e. The highest BCUT2D eigenvalue weighted by Gasteiger charge is 2.13. The van der Waals surface area contributed by atoms with Crippen molar-refractivity contribution in [2.45, 2.75) is 13.0 Å². The van der Waals surface area contributed by atoms with Gasteiger partial charge in [-0.05, 0) is 56.0 Å². The number of aromatic nitrogens is 3. The normalized spacial score (nSPS) is 11.1. The first-order valence-electron chi connectivity index (χ1n) is 12.4. The van der Waals surface area contributed by atoms with Gasteiger partial charge in [-0.15, -0.1) is 0 Å². The average Bonchev–Trinajstić information content (AvgIpc) is 3.32. The van der Waals surface area contributed by atoms with Crippen LogP contribution in [0, 0.1) is 0 Å². The van der Waals surface area contributed by atoms with Gasteiger partial charge in [0, 0.05) is 28.9 Å². The van der Waals surface area contributed by atoms with Gasteiger partial charge in [0.25, 0.3) is 0 Å². The lowest BCUT2D eigenvalue weighted by Gasteiger charge is -2.13. The van der Waals surface area contributed by atoms with Gasteiger partial charge in [-0.1, -0.05) is 84.4 Å². The molecule has 39 heavy (non-hydrogen) atoms. The van der Waals surface area contributed by atoms with Gasteiger partial charge in [0.1, 0.15) is 5.82 Å². The zero-order chi connectivity index (χ0) is 26.8. The van der Waals surface area contributed by atoms with Crippen LogP contribution < -0.4 is 10.6 Å². The molecule has 0 spiro atoms. The Balaban J connectivity index is 1.18. The minimum absolute atomic E-state index is 0.0583. The van der Waals surface area contributed by atoms with E-state index in [2.05, 4.69) is 55.9 Å². The molecule has 0 saturated carbocycles. The topological polar surface area (TPSA) is 71.3 Å². The molecule has 0 radical (unpaired) electrons. The van der Waals surface area contributed by atoms with Gasteiger partial charge in [-0.2, -0.15) is 9.61 Å². The minimum atomic E-state index is -0.0583. The Kier molecular flexibility index (Phi) is 7.00. The van der Waals surface area contributed by atoms with Gasteiger partial charge < -0.3 is 10.6 Å². The lowest BCUT2D eigenvalue weighted by molar-refractivity contribution is -0.115. The zero-order valence-electron chi connectivity index (χ0n) is 20.7. The van der Waals surface area contributed by atoms with E-state index in [9.17, 15) is 4.79 Å². The molecule has 6 nitrogen and oxygen atoms in total. The maximum absolute atomic E-state index is 12.8. The van der Waals surface area contributed by atoms with E-state index in [0.717, 1.165) is 49.1 Å². The fourth-order valence-corrected chi connectivity index (χ4v) is 5.14. The Morgan fingerprint density at radius 2 is 1.69 bits per heavy atom. The molecular formula is C31H23BrClN5O. The molecule has 8 heteroatoms. The van der Waals surface area contributed by atoms with Gasteiger partial charge in [-0.3, -0.25) is 4.79 Å². The summed E-state index contributed by atoms with van der Waals surface area (Å²) in [6.45, 7) is 0.521. The van der Waals surface area contributed by atoms with Crippen LogP contribution in [0.5, 0.6) is 0 Å². The first kappa shape index (κ1) is 25.1. The van der Waals surface area contributed by atoms with Crippen LogP contribution in [0.15, 0.2) is 108 Å². The van der Waals surface area contributed by atoms with Gasteiger partial charge in [0.05, 0.1) is 22.8 Å². The maximum atomic E-state index is 12.8. The highest BCUT2D eigenvalue weighted by Crippen LogP contribution is 2.30. The Bertz CT molecular complexity index is 1830. The van der Waals surface area contributed by atoms with E-state index in [1.165, 1.54) is 0 Å². The summed E-state index contributed by atoms with van der Waals surface area (Å²) in [4.78, 5) is 17.6. The molecule has 2 aromatic heterocycles. The summed E-state index contributed by atoms with van der Waals surface area (Å²) in [6, 6.07) is 31.6. The number of fused-ring (bicyclic) bond motifs is 2. The predicted octanol–water partition coefficient (Wildman–Crippen LogP) is 7.76. The lowest BCUT2D eigenvalue weighted by atomic mass is 10.0. The third-order valence-corrected chi connectivity index (χ3v) is 7.33. The van der Waals surface area contributed by atoms with E-state index in [1.807, 2.05) is 72.8 Å². The van der Waals surface area contributed by atoms with Crippen molar-refractivity contribution in [3.05, 3.63) is 124 Å². The number of rotatable bonds is 7. The van der Waals surface area contributed by atoms with Crippen molar-refractivity contribution < 1.29 is 4.79 Å². The summed E-state index contributed by atoms with van der Waals surface area (Å²) in [5.74, 6) is 0.711. The van der Waals surface area contributed by atoms with E-state index in [0.29, 0.717) is 23.6 Å². The van der Waals surface area contributed by atoms with Crippen molar-refractivity contribution in [3.63, 3.8) is 0 Å². The van der Waals surface area contributed by atoms with Crippen molar-refractivity contribution >= 4 is 61.4 Å². The molecule has 6 rings (SSSR count). The van der Waals surface area contributed by atoms with E-state index in [1.54, 1.807) is 10.7 Å². The predicted molar refractivity (Wildman–Crippen MR) is 161 cm³/mol. The highest BCUT2D eigenvalue weighted by atomic mass is 79.9. The fourth-order valence-electron chi connectivity index (χ4n) is 4.56. The van der Waals surface area contributed by atoms with Crippen LogP contribution in [-0.4, -0.2) is 20.5 Å². The molecule has 0 fully saturated rings. The molecular weight excluding hydrogens is 574 g/mol. The highest BCUT2D eigenvalue weighted by molar-refractivity contribution is 9.10. The van der Waals surface area contributed by atoms with Gasteiger partial charge >= 0.3 is 0 Å². The molecule has 0 aliphatic rings. The van der Waals surface area contributed by atoms with Crippen LogP contribution in [0.25, 0.3) is 27.7 Å². The molecule has 192 valence electrons. The third kappa shape index (κ3) is 5.50. The molecule has 4 aromatic carbocycles. The van der Waals surface area contributed by atoms with Gasteiger partial charge in [0.15, 0.2) is 5.65 Å². The standard InChI is InChI=1S/C31H23BrClN5O/c32-26-19-35-38-29(17-28(37-31(26)38)25-10-3-4-11-27(25)33)34-18-21-6-5-9-24(15-21)36-30(39)16-20-12-13-22-7-1-2-8-23(22)14-20/h1-15,17,19,34H,16,18H2,(H,36,39). The number of anilines is 2. The quantitative estimate of drug-likeness (QED) is 0.198. The van der Waals surface area contributed by atoms with Crippen molar-refractivity contribution in [1.29, 1.82) is 0 Å². The smallest absolute Gasteiger partial charge is 0.228 e. The van der Waals surface area contributed by atoms with Crippen LogP contribution in [-0.2, 0) is 17.8 Å². The lowest BCUT2D eigenvalue weighted by Crippen LogP contribution is -2.14. The summed E-state index contributed by atoms with van der Waals surface area (Å²) in [5, 5.41) is 13.9. The molecule has 0 atom stereocenters. The third-order valence-electron chi connectivity index (χ3n) is 6.44. The molecule has 1 amide bonds. The van der Waals surface area contributed by atoms with Crippen LogP contribution in [0.1, 0.15) is 11.1 Å². The number of hydrogen-bond acceptors (Lipinski definition) is 4. The first-order chi connectivity index (χ1) is 19.0. The van der Waals surface area contributed by atoms with Crippen molar-refractivity contribution in [1.82, 2.24) is 14.6 Å². The monoisotopic (exact) mass is 595 g/mol. The summed E-state index contributed by atoms with van der Waals surface area (Å²) in [7, 11) is 0. The molecule has 2 N–H and O–H groups in total. The first-order valence-corrected chi connectivity index (χ1v) is 13.6. The van der Waals surface area contributed by atoms with Gasteiger partial charge in [-0.25, -0.2) is 4.98 Å². The number of nitrogens with zero attached hydrogens (tertiary/aromatic N) is 3. The van der Waals surface area contributed by atoms with Gasteiger partial charge in [0.2, 0.25) is 5.91 Å². The van der Waals surface area contributed by atoms with Crippen molar-refractivity contribution in [2.75, 3.05) is 10.6 Å². The molecule has 0 bridgehead atoms. The number of nitrogens with one attached hydrogen (secondary N) is 2. The Morgan fingerprint density at radius 1 is 0.872 bits per heavy atom. The summed E-state index contributed by atoms with van der Waals surface area (Å²) >= 11 is 10.00. The second kappa shape index (κ2) is 10.9. The van der Waals surface area contributed by atoms with Crippen LogP contribution >= 0.6 is 27.5 Å². The Labute approximate surface area is 238 Å². The zero-order valence-corrected chi connectivity index (χ0v) is 23.1. The largest absolute Gasteiger partial charge is 0.366 e. The second-order valence-electron chi connectivity index (χ2n) is 9.19. The number of carbonyl (C=O) groups excluding carboxylic acids is 1. The summed E-state index contributed by atoms with van der Waals surface area (Å²) in [5.41, 5.74) is 5.00. The number of amides is 1. The van der Waals surface area contributed by atoms with Crippen LogP contribution in [0.4, 0.5) is 11.5 Å². The molecule has 0 unspecified atom stereocenters. The number of benzene rings is 4. The molecule has 6 aromatic rings. The molecule has 0 saturated heterocycles. The van der Waals surface area contributed by atoms with Crippen molar-refractivity contribution in [3.8, 4) is 11.3 Å². The number of hydrogen-bond donors (Lipinski definition) is 2. The second-order valence-corrected chi connectivity index (χ2v) is 10.5. The Hall–Kier alpha value is -4.20. The molecule has 0 aliphatic carbocycles. The summed E-state index contributed by atoms with van der Waals surface area (Å²) < 4.78 is 2.54. The van der Waals surface area contributed by atoms with E-state index in [-0.39, 0.29) is 5.91 Å².